The molecule has 1 aliphatic heterocycles. The van der Waals surface area contributed by atoms with Crippen molar-refractivity contribution in [3.63, 3.8) is 0 Å². The van der Waals surface area contributed by atoms with E-state index < -0.39 is 0 Å². The lowest BCUT2D eigenvalue weighted by atomic mass is 10.1. The van der Waals surface area contributed by atoms with Crippen molar-refractivity contribution in [1.29, 1.82) is 0 Å². The predicted molar refractivity (Wildman–Crippen MR) is 78.9 cm³/mol. The Balaban J connectivity index is 1.75. The minimum atomic E-state index is 0.595. The van der Waals surface area contributed by atoms with Crippen LogP contribution in [0.25, 0.3) is 11.3 Å². The molecule has 106 valence electrons. The van der Waals surface area contributed by atoms with Gasteiger partial charge in [0.1, 0.15) is 13.2 Å². The lowest BCUT2D eigenvalue weighted by molar-refractivity contribution is 0.171. The van der Waals surface area contributed by atoms with Crippen LogP contribution in [0, 0.1) is 0 Å². The molecule has 6 heteroatoms. The molecule has 0 unspecified atom stereocenters. The van der Waals surface area contributed by atoms with E-state index in [1.54, 1.807) is 18.4 Å². The fourth-order valence-corrected chi connectivity index (χ4v) is 2.70. The molecule has 0 spiro atoms. The number of nitrogens with zero attached hydrogens (tertiary/aromatic N) is 1. The van der Waals surface area contributed by atoms with Crippen LogP contribution in [-0.2, 0) is 4.74 Å². The lowest BCUT2D eigenvalue weighted by Crippen LogP contribution is -2.15. The SMILES string of the molecule is COCCNc1nc(-c2ccc3c(c2)OCCO3)cs1. The van der Waals surface area contributed by atoms with Crippen molar-refractivity contribution in [3.8, 4) is 22.8 Å². The van der Waals surface area contributed by atoms with Crippen LogP contribution in [0.4, 0.5) is 5.13 Å². The lowest BCUT2D eigenvalue weighted by Gasteiger charge is -2.18. The van der Waals surface area contributed by atoms with Crippen LogP contribution in [0.5, 0.6) is 11.5 Å². The smallest absolute Gasteiger partial charge is 0.183 e. The van der Waals surface area contributed by atoms with Gasteiger partial charge in [-0.3, -0.25) is 0 Å². The maximum atomic E-state index is 5.59. The van der Waals surface area contributed by atoms with E-state index in [1.807, 2.05) is 23.6 Å². The first-order chi connectivity index (χ1) is 9.86. The molecule has 20 heavy (non-hydrogen) atoms. The standard InChI is InChI=1S/C14H16N2O3S/c1-17-5-4-15-14-16-11(9-20-14)10-2-3-12-13(8-10)19-7-6-18-12/h2-3,8-9H,4-7H2,1H3,(H,15,16). The van der Waals surface area contributed by atoms with Gasteiger partial charge in [-0.15, -0.1) is 11.3 Å². The Hall–Kier alpha value is -1.79. The minimum Gasteiger partial charge on any atom is -0.486 e. The molecule has 1 aliphatic rings. The molecule has 0 saturated carbocycles. The second-order valence-electron chi connectivity index (χ2n) is 4.32. The summed E-state index contributed by atoms with van der Waals surface area (Å²) in [5.41, 5.74) is 1.97. The van der Waals surface area contributed by atoms with Gasteiger partial charge in [-0.2, -0.15) is 0 Å². The van der Waals surface area contributed by atoms with Crippen molar-refractivity contribution in [2.24, 2.45) is 0 Å². The Kier molecular flexibility index (Phi) is 4.03. The zero-order valence-corrected chi connectivity index (χ0v) is 12.0. The first-order valence-electron chi connectivity index (χ1n) is 6.45. The molecule has 0 bridgehead atoms. The highest BCUT2D eigenvalue weighted by Crippen LogP contribution is 2.35. The van der Waals surface area contributed by atoms with Gasteiger partial charge in [0.2, 0.25) is 0 Å². The number of ether oxygens (including phenoxy) is 3. The largest absolute Gasteiger partial charge is 0.486 e. The van der Waals surface area contributed by atoms with Crippen LogP contribution in [0.15, 0.2) is 23.6 Å². The molecule has 3 rings (SSSR count). The fraction of sp³-hybridized carbons (Fsp3) is 0.357. The summed E-state index contributed by atoms with van der Waals surface area (Å²) in [6.45, 7) is 2.62. The number of thiazole rings is 1. The molecule has 0 aliphatic carbocycles. The van der Waals surface area contributed by atoms with Gasteiger partial charge in [0.15, 0.2) is 16.6 Å². The number of hydrogen-bond donors (Lipinski definition) is 1. The van der Waals surface area contributed by atoms with Crippen LogP contribution < -0.4 is 14.8 Å². The van der Waals surface area contributed by atoms with Crippen LogP contribution in [0.1, 0.15) is 0 Å². The average Bonchev–Trinajstić information content (AvgIpc) is 2.96. The highest BCUT2D eigenvalue weighted by atomic mass is 32.1. The maximum absolute atomic E-state index is 5.59. The van der Waals surface area contributed by atoms with Gasteiger partial charge in [-0.25, -0.2) is 4.98 Å². The Morgan fingerprint density at radius 2 is 2.15 bits per heavy atom. The molecule has 0 fully saturated rings. The van der Waals surface area contributed by atoms with Crippen molar-refractivity contribution < 1.29 is 14.2 Å². The zero-order valence-electron chi connectivity index (χ0n) is 11.2. The molecule has 5 nitrogen and oxygen atoms in total. The van der Waals surface area contributed by atoms with Crippen molar-refractivity contribution in [2.45, 2.75) is 0 Å². The van der Waals surface area contributed by atoms with E-state index in [1.165, 1.54) is 0 Å². The molecule has 0 atom stereocenters. The first-order valence-corrected chi connectivity index (χ1v) is 7.33. The molecule has 2 aromatic rings. The van der Waals surface area contributed by atoms with E-state index in [2.05, 4.69) is 10.3 Å². The molecular weight excluding hydrogens is 276 g/mol. The van der Waals surface area contributed by atoms with Gasteiger partial charge in [0.25, 0.3) is 0 Å². The minimum absolute atomic E-state index is 0.595. The van der Waals surface area contributed by atoms with Crippen LogP contribution in [0.2, 0.25) is 0 Å². The zero-order chi connectivity index (χ0) is 13.8. The van der Waals surface area contributed by atoms with Crippen molar-refractivity contribution >= 4 is 16.5 Å². The van der Waals surface area contributed by atoms with Gasteiger partial charge in [-0.05, 0) is 18.2 Å². The molecule has 2 heterocycles. The summed E-state index contributed by atoms with van der Waals surface area (Å²) >= 11 is 1.58. The predicted octanol–water partition coefficient (Wildman–Crippen LogP) is 2.64. The average molecular weight is 292 g/mol. The number of hydrogen-bond acceptors (Lipinski definition) is 6. The number of fused-ring (bicyclic) bond motifs is 1. The van der Waals surface area contributed by atoms with Gasteiger partial charge in [0.05, 0.1) is 12.3 Å². The number of methoxy groups -OCH3 is 1. The Morgan fingerprint density at radius 1 is 1.30 bits per heavy atom. The monoisotopic (exact) mass is 292 g/mol. The third-order valence-electron chi connectivity index (χ3n) is 2.92. The summed E-state index contributed by atoms with van der Waals surface area (Å²) < 4.78 is 16.1. The summed E-state index contributed by atoms with van der Waals surface area (Å²) in [4.78, 5) is 4.56. The molecule has 1 aromatic heterocycles. The summed E-state index contributed by atoms with van der Waals surface area (Å²) in [7, 11) is 1.68. The van der Waals surface area contributed by atoms with Gasteiger partial charge in [0, 0.05) is 24.6 Å². The van der Waals surface area contributed by atoms with E-state index >= 15 is 0 Å². The number of aromatic nitrogens is 1. The van der Waals surface area contributed by atoms with E-state index in [9.17, 15) is 0 Å². The summed E-state index contributed by atoms with van der Waals surface area (Å²) in [5, 5.41) is 6.15. The van der Waals surface area contributed by atoms with Crippen molar-refractivity contribution in [3.05, 3.63) is 23.6 Å². The summed E-state index contributed by atoms with van der Waals surface area (Å²) in [6.07, 6.45) is 0. The fourth-order valence-electron chi connectivity index (χ4n) is 1.95. The van der Waals surface area contributed by atoms with E-state index in [0.717, 1.165) is 34.4 Å². The van der Waals surface area contributed by atoms with E-state index in [4.69, 9.17) is 14.2 Å². The second-order valence-corrected chi connectivity index (χ2v) is 5.17. The molecular formula is C14H16N2O3S. The van der Waals surface area contributed by atoms with Gasteiger partial charge < -0.3 is 19.5 Å². The molecule has 0 radical (unpaired) electrons. The molecule has 1 N–H and O–H groups in total. The highest BCUT2D eigenvalue weighted by molar-refractivity contribution is 7.14. The Morgan fingerprint density at radius 3 is 3.00 bits per heavy atom. The van der Waals surface area contributed by atoms with Crippen molar-refractivity contribution in [2.75, 3.05) is 38.8 Å². The van der Waals surface area contributed by atoms with E-state index in [-0.39, 0.29) is 0 Å². The van der Waals surface area contributed by atoms with Gasteiger partial charge in [-0.1, -0.05) is 0 Å². The first kappa shape index (κ1) is 13.2. The second kappa shape index (κ2) is 6.11. The summed E-state index contributed by atoms with van der Waals surface area (Å²) in [6, 6.07) is 5.91. The van der Waals surface area contributed by atoms with Crippen molar-refractivity contribution in [1.82, 2.24) is 4.98 Å². The number of anilines is 1. The third kappa shape index (κ3) is 2.86. The molecule has 0 saturated heterocycles. The van der Waals surface area contributed by atoms with Crippen LogP contribution >= 0.6 is 11.3 Å². The number of nitrogens with one attached hydrogen (secondary N) is 1. The normalized spacial score (nSPS) is 13.2. The third-order valence-corrected chi connectivity index (χ3v) is 3.72. The number of rotatable bonds is 5. The topological polar surface area (TPSA) is 52.6 Å². The molecule has 0 amide bonds. The maximum Gasteiger partial charge on any atom is 0.183 e. The van der Waals surface area contributed by atoms with Crippen LogP contribution in [-0.4, -0.2) is 38.5 Å². The van der Waals surface area contributed by atoms with Gasteiger partial charge >= 0.3 is 0 Å². The van der Waals surface area contributed by atoms with Crippen LogP contribution in [0.3, 0.4) is 0 Å². The number of benzene rings is 1. The quantitative estimate of drug-likeness (QED) is 0.859. The Bertz CT molecular complexity index is 586. The highest BCUT2D eigenvalue weighted by Gasteiger charge is 2.13. The molecule has 1 aromatic carbocycles. The van der Waals surface area contributed by atoms with E-state index in [0.29, 0.717) is 19.8 Å². The summed E-state index contributed by atoms with van der Waals surface area (Å²) in [5.74, 6) is 1.59. The Labute approximate surface area is 121 Å².